The van der Waals surface area contributed by atoms with Gasteiger partial charge in [0.25, 0.3) is 0 Å². The van der Waals surface area contributed by atoms with Gasteiger partial charge in [-0.1, -0.05) is 20.8 Å². The average molecular weight is 291 g/mol. The smallest absolute Gasteiger partial charge is 0.123 e. The summed E-state index contributed by atoms with van der Waals surface area (Å²) in [6.45, 7) is 8.87. The highest BCUT2D eigenvalue weighted by Gasteiger charge is 2.23. The number of ether oxygens (including phenoxy) is 2. The largest absolute Gasteiger partial charge is 0.496 e. The molecule has 3 nitrogen and oxygen atoms in total. The maximum Gasteiger partial charge on any atom is 0.123 e. The lowest BCUT2D eigenvalue weighted by atomic mass is 9.84. The molecule has 3 heteroatoms. The number of hydrogen-bond acceptors (Lipinski definition) is 3. The summed E-state index contributed by atoms with van der Waals surface area (Å²) >= 11 is 0. The van der Waals surface area contributed by atoms with Crippen LogP contribution < -0.4 is 14.8 Å². The zero-order valence-electron chi connectivity index (χ0n) is 14.1. The van der Waals surface area contributed by atoms with Crippen LogP contribution in [0.25, 0.3) is 0 Å². The van der Waals surface area contributed by atoms with E-state index in [0.717, 1.165) is 36.9 Å². The molecule has 1 N–H and O–H groups in total. The number of piperidine rings is 1. The summed E-state index contributed by atoms with van der Waals surface area (Å²) in [6.07, 6.45) is 3.56. The third-order valence-corrected chi connectivity index (χ3v) is 4.38. The predicted molar refractivity (Wildman–Crippen MR) is 87.5 cm³/mol. The first-order valence-electron chi connectivity index (χ1n) is 7.91. The second-order valence-electron chi connectivity index (χ2n) is 7.01. The summed E-state index contributed by atoms with van der Waals surface area (Å²) in [6, 6.07) is 4.34. The first-order valence-corrected chi connectivity index (χ1v) is 7.91. The van der Waals surface area contributed by atoms with Gasteiger partial charge in [0.2, 0.25) is 0 Å². The van der Waals surface area contributed by atoms with Gasteiger partial charge in [-0.25, -0.2) is 0 Å². The van der Waals surface area contributed by atoms with E-state index in [-0.39, 0.29) is 5.41 Å². The van der Waals surface area contributed by atoms with Crippen LogP contribution in [-0.2, 0) is 11.8 Å². The Hall–Kier alpha value is -1.22. The Balaban J connectivity index is 2.31. The van der Waals surface area contributed by atoms with Crippen LogP contribution in [0.5, 0.6) is 11.5 Å². The van der Waals surface area contributed by atoms with E-state index in [2.05, 4.69) is 38.2 Å². The Morgan fingerprint density at radius 3 is 2.19 bits per heavy atom. The number of rotatable bonds is 4. The first-order chi connectivity index (χ1) is 9.95. The number of methoxy groups -OCH3 is 2. The van der Waals surface area contributed by atoms with Crippen LogP contribution in [0.3, 0.4) is 0 Å². The molecule has 0 spiro atoms. The molecule has 0 saturated carbocycles. The van der Waals surface area contributed by atoms with Gasteiger partial charge < -0.3 is 14.8 Å². The van der Waals surface area contributed by atoms with Crippen molar-refractivity contribution in [3.63, 3.8) is 0 Å². The molecule has 118 valence electrons. The van der Waals surface area contributed by atoms with Crippen molar-refractivity contribution in [2.75, 3.05) is 27.3 Å². The number of hydrogen-bond donors (Lipinski definition) is 1. The maximum atomic E-state index is 5.65. The molecule has 21 heavy (non-hydrogen) atoms. The van der Waals surface area contributed by atoms with Crippen molar-refractivity contribution in [1.82, 2.24) is 5.32 Å². The van der Waals surface area contributed by atoms with E-state index < -0.39 is 0 Å². The molecule has 1 fully saturated rings. The van der Waals surface area contributed by atoms with Gasteiger partial charge in [-0.05, 0) is 61.4 Å². The maximum absolute atomic E-state index is 5.65. The average Bonchev–Trinajstić information content (AvgIpc) is 2.46. The summed E-state index contributed by atoms with van der Waals surface area (Å²) < 4.78 is 11.3. The van der Waals surface area contributed by atoms with Crippen molar-refractivity contribution < 1.29 is 9.47 Å². The summed E-state index contributed by atoms with van der Waals surface area (Å²) in [5, 5.41) is 3.42. The molecule has 0 aromatic heterocycles. The number of nitrogens with one attached hydrogen (secondary N) is 1. The van der Waals surface area contributed by atoms with Crippen molar-refractivity contribution in [3.05, 3.63) is 23.3 Å². The monoisotopic (exact) mass is 291 g/mol. The summed E-state index contributed by atoms with van der Waals surface area (Å²) in [5.74, 6) is 2.72. The molecular weight excluding hydrogens is 262 g/mol. The molecular formula is C18H29NO2. The molecule has 1 aliphatic rings. The number of benzene rings is 1. The predicted octanol–water partition coefficient (Wildman–Crippen LogP) is 3.54. The van der Waals surface area contributed by atoms with E-state index in [4.69, 9.17) is 9.47 Å². The molecule has 1 heterocycles. The standard InChI is InChI=1S/C18H29NO2/c1-18(2,3)15-12-16(20-4)14(11-17(15)21-5)10-13-6-8-19-9-7-13/h11-13,19H,6-10H2,1-5H3. The van der Waals surface area contributed by atoms with Crippen LogP contribution in [0, 0.1) is 5.92 Å². The summed E-state index contributed by atoms with van der Waals surface area (Å²) in [7, 11) is 3.52. The van der Waals surface area contributed by atoms with Crippen molar-refractivity contribution in [2.45, 2.75) is 45.4 Å². The topological polar surface area (TPSA) is 30.5 Å². The van der Waals surface area contributed by atoms with Gasteiger partial charge in [0.05, 0.1) is 14.2 Å². The van der Waals surface area contributed by atoms with Gasteiger partial charge in [-0.15, -0.1) is 0 Å². The fourth-order valence-corrected chi connectivity index (χ4v) is 3.10. The van der Waals surface area contributed by atoms with Crippen LogP contribution in [0.4, 0.5) is 0 Å². The van der Waals surface area contributed by atoms with Crippen LogP contribution >= 0.6 is 0 Å². The minimum absolute atomic E-state index is 0.0475. The van der Waals surface area contributed by atoms with Crippen molar-refractivity contribution in [2.24, 2.45) is 5.92 Å². The Morgan fingerprint density at radius 1 is 1.05 bits per heavy atom. The lowest BCUT2D eigenvalue weighted by Gasteiger charge is -2.26. The van der Waals surface area contributed by atoms with E-state index in [1.165, 1.54) is 24.0 Å². The minimum Gasteiger partial charge on any atom is -0.496 e. The van der Waals surface area contributed by atoms with Gasteiger partial charge in [-0.2, -0.15) is 0 Å². The molecule has 2 rings (SSSR count). The molecule has 1 saturated heterocycles. The van der Waals surface area contributed by atoms with Crippen LogP contribution in [0.2, 0.25) is 0 Å². The van der Waals surface area contributed by atoms with E-state index >= 15 is 0 Å². The van der Waals surface area contributed by atoms with Gasteiger partial charge >= 0.3 is 0 Å². The van der Waals surface area contributed by atoms with Gasteiger partial charge in [-0.3, -0.25) is 0 Å². The minimum atomic E-state index is 0.0475. The highest BCUT2D eigenvalue weighted by atomic mass is 16.5. The molecule has 0 unspecified atom stereocenters. The first kappa shape index (κ1) is 16.2. The quantitative estimate of drug-likeness (QED) is 0.920. The van der Waals surface area contributed by atoms with Crippen molar-refractivity contribution >= 4 is 0 Å². The molecule has 0 amide bonds. The lowest BCUT2D eigenvalue weighted by molar-refractivity contribution is 0.356. The van der Waals surface area contributed by atoms with Crippen LogP contribution in [0.15, 0.2) is 12.1 Å². The van der Waals surface area contributed by atoms with Crippen LogP contribution in [-0.4, -0.2) is 27.3 Å². The fourth-order valence-electron chi connectivity index (χ4n) is 3.10. The van der Waals surface area contributed by atoms with E-state index in [1.807, 2.05) is 0 Å². The van der Waals surface area contributed by atoms with E-state index in [0.29, 0.717) is 0 Å². The molecule has 1 aromatic rings. The van der Waals surface area contributed by atoms with Gasteiger partial charge in [0.1, 0.15) is 11.5 Å². The highest BCUT2D eigenvalue weighted by molar-refractivity contribution is 5.49. The Morgan fingerprint density at radius 2 is 1.67 bits per heavy atom. The van der Waals surface area contributed by atoms with Crippen LogP contribution in [0.1, 0.15) is 44.7 Å². The van der Waals surface area contributed by atoms with Crippen molar-refractivity contribution in [3.8, 4) is 11.5 Å². The van der Waals surface area contributed by atoms with Gasteiger partial charge in [0.15, 0.2) is 0 Å². The summed E-state index contributed by atoms with van der Waals surface area (Å²) in [4.78, 5) is 0. The SMILES string of the molecule is COc1cc(C(C)(C)C)c(OC)cc1CC1CCNCC1. The Bertz CT molecular complexity index is 471. The molecule has 0 aliphatic carbocycles. The molecule has 0 atom stereocenters. The zero-order chi connectivity index (χ0) is 15.5. The van der Waals surface area contributed by atoms with E-state index in [9.17, 15) is 0 Å². The molecule has 1 aliphatic heterocycles. The zero-order valence-corrected chi connectivity index (χ0v) is 14.1. The van der Waals surface area contributed by atoms with E-state index in [1.54, 1.807) is 14.2 Å². The third kappa shape index (κ3) is 3.91. The second kappa shape index (κ2) is 6.69. The fraction of sp³-hybridized carbons (Fsp3) is 0.667. The molecule has 1 aromatic carbocycles. The Kier molecular flexibility index (Phi) is 5.15. The second-order valence-corrected chi connectivity index (χ2v) is 7.01. The molecule has 0 radical (unpaired) electrons. The van der Waals surface area contributed by atoms with Gasteiger partial charge in [0, 0.05) is 5.56 Å². The normalized spacial score (nSPS) is 16.8. The molecule has 0 bridgehead atoms. The highest BCUT2D eigenvalue weighted by Crippen LogP contribution is 2.38. The van der Waals surface area contributed by atoms with Crippen molar-refractivity contribution in [1.29, 1.82) is 0 Å². The Labute approximate surface area is 129 Å². The summed E-state index contributed by atoms with van der Waals surface area (Å²) in [5.41, 5.74) is 2.52. The lowest BCUT2D eigenvalue weighted by Crippen LogP contribution is -2.28. The third-order valence-electron chi connectivity index (χ3n) is 4.38.